The third kappa shape index (κ3) is 7.00. The lowest BCUT2D eigenvalue weighted by atomic mass is 10.0. The maximum Gasteiger partial charge on any atom is 0.328 e. The smallest absolute Gasteiger partial charge is 0.328 e. The van der Waals surface area contributed by atoms with Gasteiger partial charge in [0, 0.05) is 6.54 Å². The summed E-state index contributed by atoms with van der Waals surface area (Å²) in [5.74, 6) is -3.29. The van der Waals surface area contributed by atoms with Crippen LogP contribution in [-0.4, -0.2) is 75.6 Å². The van der Waals surface area contributed by atoms with Crippen LogP contribution in [0.2, 0.25) is 0 Å². The van der Waals surface area contributed by atoms with Gasteiger partial charge >= 0.3 is 5.97 Å². The lowest BCUT2D eigenvalue weighted by molar-refractivity contribution is -0.146. The van der Waals surface area contributed by atoms with Gasteiger partial charge in [-0.25, -0.2) is 4.79 Å². The molecule has 10 heteroatoms. The summed E-state index contributed by atoms with van der Waals surface area (Å²) in [6, 6.07) is 5.26. The Morgan fingerprint density at radius 1 is 1.09 bits per heavy atom. The van der Waals surface area contributed by atoms with Crippen LogP contribution < -0.4 is 16.4 Å². The van der Waals surface area contributed by atoms with Gasteiger partial charge in [0.05, 0.1) is 12.1 Å². The second-order valence-corrected chi connectivity index (χ2v) is 8.78. The number of aliphatic hydroxyl groups is 1. The van der Waals surface area contributed by atoms with Crippen LogP contribution in [0.4, 0.5) is 0 Å². The van der Waals surface area contributed by atoms with E-state index in [1.807, 2.05) is 30.3 Å². The molecular weight excluding hydrogens is 428 g/mol. The lowest BCUT2D eigenvalue weighted by Gasteiger charge is -2.30. The number of carbonyl (C=O) groups excluding carboxylic acids is 3. The van der Waals surface area contributed by atoms with E-state index in [0.717, 1.165) is 5.56 Å². The number of amides is 3. The minimum atomic E-state index is -1.50. The monoisotopic (exact) mass is 462 g/mol. The van der Waals surface area contributed by atoms with Crippen molar-refractivity contribution in [2.45, 2.75) is 70.3 Å². The van der Waals surface area contributed by atoms with Crippen molar-refractivity contribution >= 4 is 23.7 Å². The summed E-state index contributed by atoms with van der Waals surface area (Å²) in [7, 11) is 0. The summed E-state index contributed by atoms with van der Waals surface area (Å²) in [5.41, 5.74) is 7.05. The van der Waals surface area contributed by atoms with Gasteiger partial charge in [-0.2, -0.15) is 0 Å². The quantitative estimate of drug-likeness (QED) is 0.317. The Kier molecular flexibility index (Phi) is 9.36. The highest BCUT2D eigenvalue weighted by atomic mass is 16.4. The molecule has 5 unspecified atom stereocenters. The number of hydrogen-bond acceptors (Lipinski definition) is 6. The van der Waals surface area contributed by atoms with Gasteiger partial charge in [-0.15, -0.1) is 0 Å². The highest BCUT2D eigenvalue weighted by Crippen LogP contribution is 2.20. The number of nitrogens with one attached hydrogen (secondary N) is 2. The van der Waals surface area contributed by atoms with Crippen molar-refractivity contribution in [1.82, 2.24) is 15.5 Å². The zero-order chi connectivity index (χ0) is 24.7. The maximum atomic E-state index is 13.0. The first-order valence-corrected chi connectivity index (χ1v) is 11.1. The van der Waals surface area contributed by atoms with E-state index in [2.05, 4.69) is 10.6 Å². The van der Waals surface area contributed by atoms with Crippen molar-refractivity contribution in [2.24, 2.45) is 11.7 Å². The lowest BCUT2D eigenvalue weighted by Crippen LogP contribution is -2.59. The van der Waals surface area contributed by atoms with Crippen molar-refractivity contribution in [3.05, 3.63) is 35.9 Å². The summed E-state index contributed by atoms with van der Waals surface area (Å²) in [6.07, 6.45) is 0.0955. The second kappa shape index (κ2) is 11.8. The summed E-state index contributed by atoms with van der Waals surface area (Å²) in [5, 5.41) is 23.7. The number of carboxylic acids is 1. The van der Waals surface area contributed by atoms with Gasteiger partial charge in [0.25, 0.3) is 0 Å². The topological polar surface area (TPSA) is 162 Å². The minimum Gasteiger partial charge on any atom is -0.480 e. The predicted octanol–water partition coefficient (Wildman–Crippen LogP) is -0.362. The fourth-order valence-electron chi connectivity index (χ4n) is 3.89. The Morgan fingerprint density at radius 2 is 1.73 bits per heavy atom. The van der Waals surface area contributed by atoms with Gasteiger partial charge in [-0.1, -0.05) is 44.2 Å². The molecule has 0 radical (unpaired) electrons. The molecule has 0 spiro atoms. The van der Waals surface area contributed by atoms with Crippen LogP contribution in [0.1, 0.15) is 39.2 Å². The molecule has 1 aliphatic heterocycles. The van der Waals surface area contributed by atoms with Crippen molar-refractivity contribution in [1.29, 1.82) is 0 Å². The minimum absolute atomic E-state index is 0.331. The number of hydrogen-bond donors (Lipinski definition) is 5. The van der Waals surface area contributed by atoms with Gasteiger partial charge in [0.15, 0.2) is 6.04 Å². The fourth-order valence-corrected chi connectivity index (χ4v) is 3.89. The molecule has 1 fully saturated rings. The number of nitrogens with zero attached hydrogens (tertiary/aromatic N) is 1. The summed E-state index contributed by atoms with van der Waals surface area (Å²) >= 11 is 0. The largest absolute Gasteiger partial charge is 0.480 e. The Labute approximate surface area is 193 Å². The van der Waals surface area contributed by atoms with E-state index in [1.165, 1.54) is 11.8 Å². The highest BCUT2D eigenvalue weighted by Gasteiger charge is 2.38. The molecule has 1 aromatic rings. The van der Waals surface area contributed by atoms with E-state index in [-0.39, 0.29) is 11.8 Å². The Bertz CT molecular complexity index is 845. The average Bonchev–Trinajstić information content (AvgIpc) is 3.24. The van der Waals surface area contributed by atoms with Crippen LogP contribution in [-0.2, 0) is 25.6 Å². The first-order valence-electron chi connectivity index (χ1n) is 11.1. The number of rotatable bonds is 10. The average molecular weight is 463 g/mol. The van der Waals surface area contributed by atoms with Crippen LogP contribution >= 0.6 is 0 Å². The number of nitrogens with two attached hydrogens (primary N) is 1. The molecule has 33 heavy (non-hydrogen) atoms. The second-order valence-electron chi connectivity index (χ2n) is 8.78. The maximum absolute atomic E-state index is 13.0. The molecule has 5 atom stereocenters. The Hall–Kier alpha value is -2.98. The van der Waals surface area contributed by atoms with Gasteiger partial charge < -0.3 is 31.5 Å². The molecule has 2 rings (SSSR count). The molecule has 0 aliphatic carbocycles. The number of aliphatic carboxylic acids is 1. The molecular formula is C23H34N4O6. The van der Waals surface area contributed by atoms with Gasteiger partial charge in [0.2, 0.25) is 17.7 Å². The van der Waals surface area contributed by atoms with Crippen LogP contribution in [0.25, 0.3) is 0 Å². The van der Waals surface area contributed by atoms with Crippen molar-refractivity contribution in [2.75, 3.05) is 6.54 Å². The van der Waals surface area contributed by atoms with Gasteiger partial charge in [-0.05, 0) is 37.7 Å². The molecule has 3 amide bonds. The summed E-state index contributed by atoms with van der Waals surface area (Å²) in [6.45, 7) is 5.05. The SMILES string of the molecule is CC(C)C(NC(=O)C1CCCN1C(=O)C(N)Cc1ccccc1)C(=O)NC(C(=O)O)C(C)O. The van der Waals surface area contributed by atoms with Gasteiger partial charge in [-0.3, -0.25) is 14.4 Å². The van der Waals surface area contributed by atoms with E-state index in [4.69, 9.17) is 5.73 Å². The fraction of sp³-hybridized carbons (Fsp3) is 0.565. The third-order valence-electron chi connectivity index (χ3n) is 5.75. The van der Waals surface area contributed by atoms with Crippen LogP contribution in [0.3, 0.4) is 0 Å². The molecule has 1 aromatic carbocycles. The predicted molar refractivity (Wildman–Crippen MR) is 121 cm³/mol. The number of carbonyl (C=O) groups is 4. The molecule has 0 aromatic heterocycles. The molecule has 0 saturated carbocycles. The normalized spacial score (nSPS) is 19.5. The molecule has 0 bridgehead atoms. The third-order valence-corrected chi connectivity index (χ3v) is 5.75. The standard InChI is InChI=1S/C23H34N4O6/c1-13(2)18(21(30)26-19(14(3)28)23(32)33)25-20(29)17-10-7-11-27(17)22(31)16(24)12-15-8-5-4-6-9-15/h4-6,8-9,13-14,16-19,28H,7,10-12,24H2,1-3H3,(H,25,29)(H,26,30)(H,32,33). The zero-order valence-corrected chi connectivity index (χ0v) is 19.2. The summed E-state index contributed by atoms with van der Waals surface area (Å²) in [4.78, 5) is 51.4. The van der Waals surface area contributed by atoms with E-state index < -0.39 is 48.1 Å². The molecule has 182 valence electrons. The molecule has 1 saturated heterocycles. The number of benzene rings is 1. The molecule has 1 aliphatic rings. The van der Waals surface area contributed by atoms with E-state index >= 15 is 0 Å². The van der Waals surface area contributed by atoms with Crippen molar-refractivity contribution < 1.29 is 29.4 Å². The first kappa shape index (κ1) is 26.3. The summed E-state index contributed by atoms with van der Waals surface area (Å²) < 4.78 is 0. The van der Waals surface area contributed by atoms with Crippen molar-refractivity contribution in [3.8, 4) is 0 Å². The first-order chi connectivity index (χ1) is 15.5. The van der Waals surface area contributed by atoms with Crippen LogP contribution in [0.5, 0.6) is 0 Å². The highest BCUT2D eigenvalue weighted by molar-refractivity contribution is 5.94. The van der Waals surface area contributed by atoms with E-state index in [9.17, 15) is 29.4 Å². The Balaban J connectivity index is 2.06. The van der Waals surface area contributed by atoms with E-state index in [0.29, 0.717) is 25.8 Å². The number of carboxylic acid groups (broad SMARTS) is 1. The number of aliphatic hydroxyl groups excluding tert-OH is 1. The Morgan fingerprint density at radius 3 is 2.27 bits per heavy atom. The van der Waals surface area contributed by atoms with Crippen LogP contribution in [0.15, 0.2) is 30.3 Å². The molecule has 1 heterocycles. The zero-order valence-electron chi connectivity index (χ0n) is 19.2. The van der Waals surface area contributed by atoms with E-state index in [1.54, 1.807) is 13.8 Å². The number of likely N-dealkylation sites (tertiary alicyclic amines) is 1. The van der Waals surface area contributed by atoms with Crippen LogP contribution in [0, 0.1) is 5.92 Å². The van der Waals surface area contributed by atoms with Crippen molar-refractivity contribution in [3.63, 3.8) is 0 Å². The molecule has 6 N–H and O–H groups in total. The van der Waals surface area contributed by atoms with Gasteiger partial charge in [0.1, 0.15) is 12.1 Å². The molecule has 10 nitrogen and oxygen atoms in total.